The molecule has 1 amide bonds. The molecule has 0 aliphatic carbocycles. The van der Waals surface area contributed by atoms with Crippen LogP contribution in [0.5, 0.6) is 0 Å². The van der Waals surface area contributed by atoms with Gasteiger partial charge in [-0.15, -0.1) is 0 Å². The lowest BCUT2D eigenvalue weighted by molar-refractivity contribution is 0.0717. The molecule has 4 nitrogen and oxygen atoms in total. The summed E-state index contributed by atoms with van der Waals surface area (Å²) in [6.45, 7) is 5.35. The summed E-state index contributed by atoms with van der Waals surface area (Å²) in [5.41, 5.74) is 2.33. The summed E-state index contributed by atoms with van der Waals surface area (Å²) in [5.74, 6) is 0.292. The van der Waals surface area contributed by atoms with E-state index in [0.717, 1.165) is 27.4 Å². The van der Waals surface area contributed by atoms with Crippen LogP contribution in [0.25, 0.3) is 21.7 Å². The maximum absolute atomic E-state index is 13.4. The van der Waals surface area contributed by atoms with E-state index in [9.17, 15) is 4.79 Å². The standard InChI is InChI=1S/C24H23N3O/c1-17(2)15-27(16-20-12-11-19-8-4-6-10-22(19)26-20)24(28)23-21-9-5-3-7-18(21)13-14-25-23/h3-14,17H,15-16H2,1-2H3. The zero-order valence-electron chi connectivity index (χ0n) is 16.2. The van der Waals surface area contributed by atoms with Crippen LogP contribution in [0.2, 0.25) is 0 Å². The molecule has 4 rings (SSSR count). The van der Waals surface area contributed by atoms with Crippen LogP contribution < -0.4 is 0 Å². The third kappa shape index (κ3) is 3.72. The minimum Gasteiger partial charge on any atom is -0.331 e. The largest absolute Gasteiger partial charge is 0.331 e. The van der Waals surface area contributed by atoms with Crippen molar-refractivity contribution in [3.05, 3.63) is 84.3 Å². The maximum atomic E-state index is 13.4. The van der Waals surface area contributed by atoms with E-state index in [2.05, 4.69) is 24.9 Å². The van der Waals surface area contributed by atoms with E-state index < -0.39 is 0 Å². The van der Waals surface area contributed by atoms with Gasteiger partial charge in [0.2, 0.25) is 0 Å². The molecule has 4 heteroatoms. The summed E-state index contributed by atoms with van der Waals surface area (Å²) in [4.78, 5) is 24.4. The van der Waals surface area contributed by atoms with Gasteiger partial charge in [0.25, 0.3) is 5.91 Å². The van der Waals surface area contributed by atoms with E-state index in [0.29, 0.717) is 24.7 Å². The van der Waals surface area contributed by atoms with Gasteiger partial charge in [-0.2, -0.15) is 0 Å². The Hall–Kier alpha value is -3.27. The van der Waals surface area contributed by atoms with Crippen LogP contribution in [0.15, 0.2) is 72.9 Å². The van der Waals surface area contributed by atoms with E-state index in [1.54, 1.807) is 6.20 Å². The lowest BCUT2D eigenvalue weighted by atomic mass is 10.1. The van der Waals surface area contributed by atoms with Crippen LogP contribution in [0.3, 0.4) is 0 Å². The molecule has 2 heterocycles. The third-order valence-corrected chi connectivity index (χ3v) is 4.76. The Morgan fingerprint density at radius 3 is 2.50 bits per heavy atom. The first kappa shape index (κ1) is 18.1. The van der Waals surface area contributed by atoms with Crippen molar-refractivity contribution in [1.29, 1.82) is 0 Å². The molecule has 0 N–H and O–H groups in total. The fourth-order valence-corrected chi connectivity index (χ4v) is 3.49. The van der Waals surface area contributed by atoms with Gasteiger partial charge in [0.1, 0.15) is 5.69 Å². The van der Waals surface area contributed by atoms with Gasteiger partial charge >= 0.3 is 0 Å². The SMILES string of the molecule is CC(C)CN(Cc1ccc2ccccc2n1)C(=O)c1nccc2ccccc12. The average molecular weight is 369 g/mol. The molecule has 0 spiro atoms. The monoisotopic (exact) mass is 369 g/mol. The van der Waals surface area contributed by atoms with E-state index >= 15 is 0 Å². The van der Waals surface area contributed by atoms with E-state index in [1.165, 1.54) is 0 Å². The Bertz CT molecular complexity index is 1130. The van der Waals surface area contributed by atoms with Gasteiger partial charge in [-0.1, -0.05) is 62.4 Å². The summed E-state index contributed by atoms with van der Waals surface area (Å²) < 4.78 is 0. The number of para-hydroxylation sites is 1. The van der Waals surface area contributed by atoms with Gasteiger partial charge in [0.05, 0.1) is 17.8 Å². The Morgan fingerprint density at radius 2 is 1.68 bits per heavy atom. The minimum atomic E-state index is -0.0551. The molecule has 0 bridgehead atoms. The minimum absolute atomic E-state index is 0.0551. The third-order valence-electron chi connectivity index (χ3n) is 4.76. The van der Waals surface area contributed by atoms with Crippen LogP contribution in [-0.4, -0.2) is 27.3 Å². The Balaban J connectivity index is 1.69. The van der Waals surface area contributed by atoms with E-state index in [-0.39, 0.29) is 5.91 Å². The number of carbonyl (C=O) groups excluding carboxylic acids is 1. The molecule has 0 aliphatic rings. The predicted octanol–water partition coefficient (Wildman–Crippen LogP) is 5.08. The average Bonchev–Trinajstić information content (AvgIpc) is 2.72. The van der Waals surface area contributed by atoms with Gasteiger partial charge < -0.3 is 4.90 Å². The van der Waals surface area contributed by atoms with Crippen molar-refractivity contribution in [2.24, 2.45) is 5.92 Å². The second-order valence-corrected chi connectivity index (χ2v) is 7.46. The molecule has 0 saturated heterocycles. The highest BCUT2D eigenvalue weighted by Gasteiger charge is 2.21. The highest BCUT2D eigenvalue weighted by Crippen LogP contribution is 2.20. The van der Waals surface area contributed by atoms with Gasteiger partial charge in [-0.05, 0) is 29.5 Å². The summed E-state index contributed by atoms with van der Waals surface area (Å²) in [5, 5.41) is 3.01. The van der Waals surface area contributed by atoms with Crippen molar-refractivity contribution in [3.63, 3.8) is 0 Å². The van der Waals surface area contributed by atoms with Gasteiger partial charge in [0, 0.05) is 23.5 Å². The highest BCUT2D eigenvalue weighted by molar-refractivity contribution is 6.05. The van der Waals surface area contributed by atoms with Gasteiger partial charge in [-0.25, -0.2) is 0 Å². The molecular weight excluding hydrogens is 346 g/mol. The van der Waals surface area contributed by atoms with Crippen molar-refractivity contribution in [1.82, 2.24) is 14.9 Å². The topological polar surface area (TPSA) is 46.1 Å². The highest BCUT2D eigenvalue weighted by atomic mass is 16.2. The molecule has 28 heavy (non-hydrogen) atoms. The van der Waals surface area contributed by atoms with Crippen LogP contribution in [-0.2, 0) is 6.54 Å². The second-order valence-electron chi connectivity index (χ2n) is 7.46. The maximum Gasteiger partial charge on any atom is 0.273 e. The number of hydrogen-bond acceptors (Lipinski definition) is 3. The number of amides is 1. The molecule has 0 fully saturated rings. The Kier molecular flexibility index (Phi) is 5.02. The molecular formula is C24H23N3O. The molecule has 140 valence electrons. The zero-order chi connectivity index (χ0) is 19.5. The summed E-state index contributed by atoms with van der Waals surface area (Å²) in [7, 11) is 0. The number of benzene rings is 2. The van der Waals surface area contributed by atoms with Crippen molar-refractivity contribution in [3.8, 4) is 0 Å². The van der Waals surface area contributed by atoms with Crippen LogP contribution >= 0.6 is 0 Å². The van der Waals surface area contributed by atoms with Gasteiger partial charge in [-0.3, -0.25) is 14.8 Å². The number of nitrogens with zero attached hydrogens (tertiary/aromatic N) is 3. The fraction of sp³-hybridized carbons (Fsp3) is 0.208. The first-order valence-electron chi connectivity index (χ1n) is 9.59. The summed E-state index contributed by atoms with van der Waals surface area (Å²) >= 11 is 0. The lowest BCUT2D eigenvalue weighted by Crippen LogP contribution is -2.34. The van der Waals surface area contributed by atoms with Crippen molar-refractivity contribution in [2.45, 2.75) is 20.4 Å². The number of aromatic nitrogens is 2. The molecule has 0 aliphatic heterocycles. The summed E-state index contributed by atoms with van der Waals surface area (Å²) in [6, 6.07) is 21.9. The van der Waals surface area contributed by atoms with Crippen molar-refractivity contribution in [2.75, 3.05) is 6.54 Å². The van der Waals surface area contributed by atoms with Crippen LogP contribution in [0, 0.1) is 5.92 Å². The number of fused-ring (bicyclic) bond motifs is 2. The van der Waals surface area contributed by atoms with Crippen LogP contribution in [0.4, 0.5) is 0 Å². The normalized spacial score (nSPS) is 11.2. The fourth-order valence-electron chi connectivity index (χ4n) is 3.49. The quantitative estimate of drug-likeness (QED) is 0.493. The molecule has 4 aromatic rings. The number of rotatable bonds is 5. The number of hydrogen-bond donors (Lipinski definition) is 0. The Morgan fingerprint density at radius 1 is 0.929 bits per heavy atom. The molecule has 2 aromatic heterocycles. The zero-order valence-corrected chi connectivity index (χ0v) is 16.2. The second kappa shape index (κ2) is 7.77. The Labute approximate surface area is 164 Å². The number of carbonyl (C=O) groups is 1. The lowest BCUT2D eigenvalue weighted by Gasteiger charge is -2.24. The molecule has 0 unspecified atom stereocenters. The van der Waals surface area contributed by atoms with E-state index in [1.807, 2.05) is 65.6 Å². The smallest absolute Gasteiger partial charge is 0.273 e. The molecule has 0 saturated carbocycles. The predicted molar refractivity (Wildman–Crippen MR) is 113 cm³/mol. The number of pyridine rings is 2. The van der Waals surface area contributed by atoms with Crippen molar-refractivity contribution >= 4 is 27.6 Å². The first-order valence-corrected chi connectivity index (χ1v) is 9.59. The van der Waals surface area contributed by atoms with Crippen LogP contribution in [0.1, 0.15) is 30.0 Å². The molecule has 0 atom stereocenters. The first-order chi connectivity index (χ1) is 13.6. The summed E-state index contributed by atoms with van der Waals surface area (Å²) in [6.07, 6.45) is 1.71. The molecule has 0 radical (unpaired) electrons. The molecule has 2 aromatic carbocycles. The van der Waals surface area contributed by atoms with Crippen molar-refractivity contribution < 1.29 is 4.79 Å². The van der Waals surface area contributed by atoms with E-state index in [4.69, 9.17) is 4.98 Å². The van der Waals surface area contributed by atoms with Gasteiger partial charge in [0.15, 0.2) is 0 Å².